The van der Waals surface area contributed by atoms with E-state index in [9.17, 15) is 9.59 Å². The minimum atomic E-state index is -0.721. The number of benzene rings is 3. The highest BCUT2D eigenvalue weighted by Crippen LogP contribution is 2.44. The van der Waals surface area contributed by atoms with Crippen molar-refractivity contribution in [1.82, 2.24) is 0 Å². The standard InChI is InChI=1S/C28H34O6/c1-6-11-23(27(29)31-4)33-25-19-13-9-10-14-20(19)26(34-24(12-7-2)28(30)32-5)22-17-18(8-3)15-16-21(22)25/h9-10,13-17,23-24H,6-8,11-12H2,1-5H3. The molecule has 3 aromatic carbocycles. The molecule has 0 aliphatic carbocycles. The number of hydrogen-bond acceptors (Lipinski definition) is 6. The first-order chi connectivity index (χ1) is 16.5. The van der Waals surface area contributed by atoms with Gasteiger partial charge in [0.1, 0.15) is 11.5 Å². The maximum Gasteiger partial charge on any atom is 0.347 e. The first-order valence-corrected chi connectivity index (χ1v) is 11.9. The van der Waals surface area contributed by atoms with Crippen LogP contribution in [0.3, 0.4) is 0 Å². The van der Waals surface area contributed by atoms with Gasteiger partial charge in [-0.1, -0.05) is 70.0 Å². The molecule has 0 spiro atoms. The Morgan fingerprint density at radius 2 is 1.18 bits per heavy atom. The van der Waals surface area contributed by atoms with Gasteiger partial charge in [0.05, 0.1) is 14.2 Å². The number of esters is 2. The van der Waals surface area contributed by atoms with Gasteiger partial charge in [0, 0.05) is 21.5 Å². The molecule has 3 rings (SSSR count). The topological polar surface area (TPSA) is 71.1 Å². The molecule has 0 amide bonds. The van der Waals surface area contributed by atoms with Crippen LogP contribution < -0.4 is 9.47 Å². The van der Waals surface area contributed by atoms with Crippen LogP contribution >= 0.6 is 0 Å². The van der Waals surface area contributed by atoms with Crippen LogP contribution in [0.1, 0.15) is 52.0 Å². The van der Waals surface area contributed by atoms with Crippen molar-refractivity contribution in [3.05, 3.63) is 48.0 Å². The Bertz CT molecular complexity index is 1150. The number of ether oxygens (including phenoxy) is 4. The number of aryl methyl sites for hydroxylation is 1. The van der Waals surface area contributed by atoms with Crippen LogP contribution in [0.5, 0.6) is 11.5 Å². The molecule has 182 valence electrons. The van der Waals surface area contributed by atoms with Crippen molar-refractivity contribution in [2.24, 2.45) is 0 Å². The quantitative estimate of drug-likeness (QED) is 0.255. The Labute approximate surface area is 201 Å². The lowest BCUT2D eigenvalue weighted by Crippen LogP contribution is -2.29. The van der Waals surface area contributed by atoms with Crippen LogP contribution in [0, 0.1) is 0 Å². The second-order valence-electron chi connectivity index (χ2n) is 8.27. The van der Waals surface area contributed by atoms with E-state index in [0.29, 0.717) is 24.3 Å². The zero-order valence-corrected chi connectivity index (χ0v) is 20.7. The van der Waals surface area contributed by atoms with Crippen molar-refractivity contribution in [3.63, 3.8) is 0 Å². The molecule has 0 saturated carbocycles. The van der Waals surface area contributed by atoms with Gasteiger partial charge in [-0.3, -0.25) is 0 Å². The summed E-state index contributed by atoms with van der Waals surface area (Å²) in [5.74, 6) is 0.412. The van der Waals surface area contributed by atoms with Gasteiger partial charge in [0.2, 0.25) is 0 Å². The Morgan fingerprint density at radius 3 is 1.62 bits per heavy atom. The summed E-state index contributed by atoms with van der Waals surface area (Å²) in [6, 6.07) is 13.8. The molecule has 6 heteroatoms. The van der Waals surface area contributed by atoms with Crippen LogP contribution in [-0.2, 0) is 25.5 Å². The Hall–Kier alpha value is -3.28. The molecule has 0 fully saturated rings. The second-order valence-corrected chi connectivity index (χ2v) is 8.27. The molecule has 6 nitrogen and oxygen atoms in total. The van der Waals surface area contributed by atoms with Crippen LogP contribution in [0.15, 0.2) is 42.5 Å². The van der Waals surface area contributed by atoms with Gasteiger partial charge >= 0.3 is 11.9 Å². The van der Waals surface area contributed by atoms with Crippen molar-refractivity contribution in [3.8, 4) is 11.5 Å². The molecule has 3 aromatic rings. The van der Waals surface area contributed by atoms with E-state index >= 15 is 0 Å². The summed E-state index contributed by atoms with van der Waals surface area (Å²) in [6.45, 7) is 6.09. The normalized spacial score (nSPS) is 12.9. The van der Waals surface area contributed by atoms with Crippen LogP contribution in [-0.4, -0.2) is 38.4 Å². The molecule has 0 aliphatic heterocycles. The summed E-state index contributed by atoms with van der Waals surface area (Å²) in [6.07, 6.45) is 2.02. The molecule has 2 unspecified atom stereocenters. The Balaban J connectivity index is 2.29. The third-order valence-corrected chi connectivity index (χ3v) is 5.95. The predicted molar refractivity (Wildman–Crippen MR) is 134 cm³/mol. The van der Waals surface area contributed by atoms with Gasteiger partial charge in [-0.15, -0.1) is 0 Å². The number of methoxy groups -OCH3 is 2. The molecular weight excluding hydrogens is 432 g/mol. The van der Waals surface area contributed by atoms with Crippen molar-refractivity contribution < 1.29 is 28.5 Å². The first kappa shape index (κ1) is 25.3. The zero-order valence-electron chi connectivity index (χ0n) is 20.7. The van der Waals surface area contributed by atoms with Gasteiger partial charge in [-0.2, -0.15) is 0 Å². The number of rotatable bonds is 11. The summed E-state index contributed by atoms with van der Waals surface area (Å²) in [4.78, 5) is 24.9. The molecule has 0 saturated heterocycles. The average molecular weight is 467 g/mol. The maximum atomic E-state index is 12.5. The van der Waals surface area contributed by atoms with Crippen molar-refractivity contribution >= 4 is 33.5 Å². The highest BCUT2D eigenvalue weighted by atomic mass is 16.6. The largest absolute Gasteiger partial charge is 0.477 e. The monoisotopic (exact) mass is 466 g/mol. The van der Waals surface area contributed by atoms with Gasteiger partial charge < -0.3 is 18.9 Å². The molecule has 0 radical (unpaired) electrons. The van der Waals surface area contributed by atoms with E-state index in [1.54, 1.807) is 0 Å². The van der Waals surface area contributed by atoms with Crippen LogP contribution in [0.2, 0.25) is 0 Å². The Kier molecular flexibility index (Phi) is 8.74. The van der Waals surface area contributed by atoms with E-state index in [0.717, 1.165) is 46.4 Å². The first-order valence-electron chi connectivity index (χ1n) is 11.9. The molecule has 0 bridgehead atoms. The van der Waals surface area contributed by atoms with Crippen molar-refractivity contribution in [1.29, 1.82) is 0 Å². The lowest BCUT2D eigenvalue weighted by atomic mass is 9.97. The molecule has 34 heavy (non-hydrogen) atoms. The predicted octanol–water partition coefficient (Wildman–Crippen LogP) is 6.00. The summed E-state index contributed by atoms with van der Waals surface area (Å²) < 4.78 is 22.8. The minimum Gasteiger partial charge on any atom is -0.477 e. The molecular formula is C28H34O6. The van der Waals surface area contributed by atoms with Gasteiger partial charge in [-0.05, 0) is 30.9 Å². The van der Waals surface area contributed by atoms with Gasteiger partial charge in [-0.25, -0.2) is 9.59 Å². The smallest absolute Gasteiger partial charge is 0.347 e. The number of fused-ring (bicyclic) bond motifs is 2. The summed E-state index contributed by atoms with van der Waals surface area (Å²) in [7, 11) is 2.74. The third-order valence-electron chi connectivity index (χ3n) is 5.95. The molecule has 2 atom stereocenters. The second kappa shape index (κ2) is 11.7. The molecule has 0 N–H and O–H groups in total. The SMILES string of the molecule is CCCC(Oc1c2ccccc2c(OC(CCC)C(=O)OC)c2cc(CC)ccc12)C(=O)OC. The van der Waals surface area contributed by atoms with E-state index in [2.05, 4.69) is 13.0 Å². The van der Waals surface area contributed by atoms with E-state index in [4.69, 9.17) is 18.9 Å². The van der Waals surface area contributed by atoms with Gasteiger partial charge in [0.15, 0.2) is 12.2 Å². The lowest BCUT2D eigenvalue weighted by molar-refractivity contribution is -0.149. The van der Waals surface area contributed by atoms with Crippen LogP contribution in [0.25, 0.3) is 21.5 Å². The fourth-order valence-corrected chi connectivity index (χ4v) is 4.14. The molecule has 0 aromatic heterocycles. The van der Waals surface area contributed by atoms with Crippen LogP contribution in [0.4, 0.5) is 0 Å². The van der Waals surface area contributed by atoms with E-state index < -0.39 is 24.1 Å². The molecule has 0 aliphatic rings. The van der Waals surface area contributed by atoms with Gasteiger partial charge in [0.25, 0.3) is 0 Å². The highest BCUT2D eigenvalue weighted by Gasteiger charge is 2.27. The van der Waals surface area contributed by atoms with E-state index in [1.807, 2.05) is 50.2 Å². The molecule has 0 heterocycles. The fourth-order valence-electron chi connectivity index (χ4n) is 4.14. The number of hydrogen-bond donors (Lipinski definition) is 0. The zero-order chi connectivity index (χ0) is 24.7. The number of carbonyl (C=O) groups excluding carboxylic acids is 2. The fraction of sp³-hybridized carbons (Fsp3) is 0.429. The van der Waals surface area contributed by atoms with Crippen molar-refractivity contribution in [2.75, 3.05) is 14.2 Å². The third kappa shape index (κ3) is 5.27. The minimum absolute atomic E-state index is 0.403. The lowest BCUT2D eigenvalue weighted by Gasteiger charge is -2.23. The van der Waals surface area contributed by atoms with E-state index in [-0.39, 0.29) is 0 Å². The Morgan fingerprint density at radius 1 is 0.706 bits per heavy atom. The van der Waals surface area contributed by atoms with Crippen molar-refractivity contribution in [2.45, 2.75) is 65.1 Å². The highest BCUT2D eigenvalue weighted by molar-refractivity contribution is 6.11. The van der Waals surface area contributed by atoms with E-state index in [1.165, 1.54) is 14.2 Å². The summed E-state index contributed by atoms with van der Waals surface area (Å²) in [5.41, 5.74) is 1.13. The summed E-state index contributed by atoms with van der Waals surface area (Å²) >= 11 is 0. The maximum absolute atomic E-state index is 12.5. The average Bonchev–Trinajstić information content (AvgIpc) is 2.87. The summed E-state index contributed by atoms with van der Waals surface area (Å²) in [5, 5.41) is 3.26. The number of carbonyl (C=O) groups is 2.